The molecule has 1 aromatic rings. The van der Waals surface area contributed by atoms with Crippen LogP contribution in [0.15, 0.2) is 18.2 Å². The number of rotatable bonds is 2. The Balaban J connectivity index is 2.37. The van der Waals surface area contributed by atoms with Crippen LogP contribution in [0.2, 0.25) is 0 Å². The van der Waals surface area contributed by atoms with Crippen molar-refractivity contribution in [1.29, 1.82) is 0 Å². The molecule has 0 atom stereocenters. The number of benzene rings is 1. The van der Waals surface area contributed by atoms with Crippen LogP contribution in [0.1, 0.15) is 47.5 Å². The van der Waals surface area contributed by atoms with Crippen LogP contribution in [0.5, 0.6) is 5.75 Å². The van der Waals surface area contributed by atoms with Crippen molar-refractivity contribution in [1.82, 2.24) is 0 Å². The molecule has 1 N–H and O–H groups in total. The van der Waals surface area contributed by atoms with Gasteiger partial charge in [0.05, 0.1) is 0 Å². The second kappa shape index (κ2) is 3.82. The van der Waals surface area contributed by atoms with Gasteiger partial charge in [-0.05, 0) is 42.5 Å². The zero-order valence-corrected chi connectivity index (χ0v) is 8.07. The van der Waals surface area contributed by atoms with Crippen LogP contribution in [-0.2, 0) is 0 Å². The minimum atomic E-state index is 0.262. The molecule has 0 bridgehead atoms. The molecule has 0 aliphatic heterocycles. The van der Waals surface area contributed by atoms with Crippen LogP contribution in [0.3, 0.4) is 0 Å². The summed E-state index contributed by atoms with van der Waals surface area (Å²) in [5.41, 5.74) is 1.76. The average Bonchev–Trinajstić information content (AvgIpc) is 2.70. The van der Waals surface area contributed by atoms with Crippen LogP contribution < -0.4 is 0 Å². The van der Waals surface area contributed by atoms with Gasteiger partial charge in [0.1, 0.15) is 12.0 Å². The molecular formula is C12H14O2. The van der Waals surface area contributed by atoms with Gasteiger partial charge in [0.25, 0.3) is 0 Å². The quantitative estimate of drug-likeness (QED) is 0.728. The molecule has 1 aliphatic rings. The molecule has 2 nitrogen and oxygen atoms in total. The third-order valence-corrected chi connectivity index (χ3v) is 2.99. The number of aldehydes is 1. The normalized spacial score (nSPS) is 17.1. The van der Waals surface area contributed by atoms with E-state index in [1.165, 1.54) is 12.8 Å². The van der Waals surface area contributed by atoms with E-state index < -0.39 is 0 Å². The maximum atomic E-state index is 10.8. The SMILES string of the molecule is O=Cc1ccc(O)cc1C1CCCC1. The zero-order chi connectivity index (χ0) is 9.97. The highest BCUT2D eigenvalue weighted by Gasteiger charge is 2.19. The molecule has 2 rings (SSSR count). The lowest BCUT2D eigenvalue weighted by atomic mass is 9.93. The lowest BCUT2D eigenvalue weighted by Crippen LogP contribution is -1.97. The van der Waals surface area contributed by atoms with Gasteiger partial charge in [-0.1, -0.05) is 12.8 Å². The number of phenolic OH excluding ortho intramolecular Hbond substituents is 1. The first-order valence-electron chi connectivity index (χ1n) is 5.09. The third kappa shape index (κ3) is 1.65. The topological polar surface area (TPSA) is 37.3 Å². The fourth-order valence-corrected chi connectivity index (χ4v) is 2.26. The summed E-state index contributed by atoms with van der Waals surface area (Å²) in [5.74, 6) is 0.736. The first-order valence-corrected chi connectivity index (χ1v) is 5.09. The monoisotopic (exact) mass is 190 g/mol. The molecule has 0 heterocycles. The average molecular weight is 190 g/mol. The van der Waals surface area contributed by atoms with Gasteiger partial charge in [0, 0.05) is 5.56 Å². The first kappa shape index (κ1) is 9.25. The van der Waals surface area contributed by atoms with Crippen LogP contribution in [0.25, 0.3) is 0 Å². The largest absolute Gasteiger partial charge is 0.508 e. The van der Waals surface area contributed by atoms with Gasteiger partial charge in [0.15, 0.2) is 0 Å². The van der Waals surface area contributed by atoms with E-state index in [-0.39, 0.29) is 5.75 Å². The summed E-state index contributed by atoms with van der Waals surface area (Å²) in [6.45, 7) is 0. The molecule has 0 unspecified atom stereocenters. The summed E-state index contributed by atoms with van der Waals surface area (Å²) in [5, 5.41) is 9.38. The van der Waals surface area contributed by atoms with E-state index in [0.29, 0.717) is 5.92 Å². The van der Waals surface area contributed by atoms with Crippen molar-refractivity contribution in [3.8, 4) is 5.75 Å². The summed E-state index contributed by atoms with van der Waals surface area (Å²) in [7, 11) is 0. The van der Waals surface area contributed by atoms with E-state index in [4.69, 9.17) is 0 Å². The van der Waals surface area contributed by atoms with E-state index in [1.807, 2.05) is 0 Å². The maximum absolute atomic E-state index is 10.8. The van der Waals surface area contributed by atoms with E-state index in [9.17, 15) is 9.90 Å². The molecule has 2 heteroatoms. The molecule has 0 aromatic heterocycles. The van der Waals surface area contributed by atoms with Gasteiger partial charge in [-0.25, -0.2) is 0 Å². The van der Waals surface area contributed by atoms with E-state index in [2.05, 4.69) is 0 Å². The molecule has 74 valence electrons. The van der Waals surface area contributed by atoms with Crippen molar-refractivity contribution in [2.75, 3.05) is 0 Å². The summed E-state index contributed by atoms with van der Waals surface area (Å²) in [6.07, 6.45) is 5.64. The Labute approximate surface area is 83.6 Å². The molecule has 1 aromatic carbocycles. The number of carbonyl (C=O) groups is 1. The predicted molar refractivity (Wildman–Crippen MR) is 54.7 cm³/mol. The Kier molecular flexibility index (Phi) is 2.53. The van der Waals surface area contributed by atoms with Gasteiger partial charge in [0.2, 0.25) is 0 Å². The number of carbonyl (C=O) groups excluding carboxylic acids is 1. The van der Waals surface area contributed by atoms with Crippen molar-refractivity contribution in [2.45, 2.75) is 31.6 Å². The molecule has 1 saturated carbocycles. The number of phenols is 1. The number of aromatic hydroxyl groups is 1. The standard InChI is InChI=1S/C12H14O2/c13-8-10-5-6-11(14)7-12(10)9-3-1-2-4-9/h5-9,14H,1-4H2. The third-order valence-electron chi connectivity index (χ3n) is 2.99. The molecule has 0 spiro atoms. The van der Waals surface area contributed by atoms with Gasteiger partial charge < -0.3 is 5.11 Å². The molecule has 0 saturated heterocycles. The summed E-state index contributed by atoms with van der Waals surface area (Å²) >= 11 is 0. The second-order valence-corrected chi connectivity index (χ2v) is 3.91. The molecule has 0 amide bonds. The fraction of sp³-hybridized carbons (Fsp3) is 0.417. The minimum absolute atomic E-state index is 0.262. The van der Waals surface area contributed by atoms with Gasteiger partial charge in [-0.15, -0.1) is 0 Å². The molecular weight excluding hydrogens is 176 g/mol. The molecule has 1 fully saturated rings. The Morgan fingerprint density at radius 2 is 2.00 bits per heavy atom. The van der Waals surface area contributed by atoms with Crippen LogP contribution in [0.4, 0.5) is 0 Å². The lowest BCUT2D eigenvalue weighted by Gasteiger charge is -2.12. The van der Waals surface area contributed by atoms with Gasteiger partial charge in [-0.3, -0.25) is 4.79 Å². The molecule has 14 heavy (non-hydrogen) atoms. The highest BCUT2D eigenvalue weighted by Crippen LogP contribution is 2.36. The smallest absolute Gasteiger partial charge is 0.150 e. The van der Waals surface area contributed by atoms with Gasteiger partial charge in [-0.2, -0.15) is 0 Å². The van der Waals surface area contributed by atoms with Crippen molar-refractivity contribution in [3.05, 3.63) is 29.3 Å². The fourth-order valence-electron chi connectivity index (χ4n) is 2.26. The van der Waals surface area contributed by atoms with Crippen molar-refractivity contribution < 1.29 is 9.90 Å². The Bertz CT molecular complexity index is 338. The summed E-state index contributed by atoms with van der Waals surface area (Å²) in [4.78, 5) is 10.8. The van der Waals surface area contributed by atoms with Gasteiger partial charge >= 0.3 is 0 Å². The second-order valence-electron chi connectivity index (χ2n) is 3.91. The maximum Gasteiger partial charge on any atom is 0.150 e. The van der Waals surface area contributed by atoms with Crippen LogP contribution in [-0.4, -0.2) is 11.4 Å². The summed E-state index contributed by atoms with van der Waals surface area (Å²) < 4.78 is 0. The highest BCUT2D eigenvalue weighted by atomic mass is 16.3. The predicted octanol–water partition coefficient (Wildman–Crippen LogP) is 2.86. The van der Waals surface area contributed by atoms with Crippen LogP contribution in [0, 0.1) is 0 Å². The number of hydrogen-bond donors (Lipinski definition) is 1. The summed E-state index contributed by atoms with van der Waals surface area (Å²) in [6, 6.07) is 5.01. The lowest BCUT2D eigenvalue weighted by molar-refractivity contribution is 0.112. The van der Waals surface area contributed by atoms with E-state index >= 15 is 0 Å². The highest BCUT2D eigenvalue weighted by molar-refractivity contribution is 5.78. The molecule has 1 aliphatic carbocycles. The van der Waals surface area contributed by atoms with E-state index in [0.717, 1.165) is 30.3 Å². The Hall–Kier alpha value is -1.31. The zero-order valence-electron chi connectivity index (χ0n) is 8.07. The molecule has 0 radical (unpaired) electrons. The Morgan fingerprint density at radius 3 is 2.64 bits per heavy atom. The minimum Gasteiger partial charge on any atom is -0.508 e. The van der Waals surface area contributed by atoms with E-state index in [1.54, 1.807) is 18.2 Å². The number of hydrogen-bond acceptors (Lipinski definition) is 2. The van der Waals surface area contributed by atoms with Crippen molar-refractivity contribution in [2.24, 2.45) is 0 Å². The van der Waals surface area contributed by atoms with Crippen molar-refractivity contribution in [3.63, 3.8) is 0 Å². The van der Waals surface area contributed by atoms with Crippen molar-refractivity contribution >= 4 is 6.29 Å². The Morgan fingerprint density at radius 1 is 1.29 bits per heavy atom. The first-order chi connectivity index (χ1) is 6.81. The van der Waals surface area contributed by atoms with Crippen LogP contribution >= 0.6 is 0 Å².